The lowest BCUT2D eigenvalue weighted by atomic mass is 9.79. The number of aromatic nitrogens is 4. The van der Waals surface area contributed by atoms with E-state index in [0.717, 1.165) is 73.2 Å². The zero-order chi connectivity index (χ0) is 42.8. The number of hydrogen-bond donors (Lipinski definition) is 0. The molecular weight excluding hydrogens is 757 g/mol. The van der Waals surface area contributed by atoms with Crippen LogP contribution in [0.4, 0.5) is 0 Å². The first-order chi connectivity index (χ1) is 29.9. The quantitative estimate of drug-likeness (QED) is 0.161. The molecule has 5 heteroatoms. The highest BCUT2D eigenvalue weighted by Crippen LogP contribution is 2.41. The summed E-state index contributed by atoms with van der Waals surface area (Å²) in [7, 11) is 1.72. The van der Waals surface area contributed by atoms with E-state index in [4.69, 9.17) is 14.7 Å². The minimum absolute atomic E-state index is 0.0276. The van der Waals surface area contributed by atoms with E-state index in [-0.39, 0.29) is 10.8 Å². The molecule has 4 heterocycles. The van der Waals surface area contributed by atoms with Gasteiger partial charge in [0.25, 0.3) is 0 Å². The van der Waals surface area contributed by atoms with Crippen LogP contribution in [-0.4, -0.2) is 26.0 Å². The van der Waals surface area contributed by atoms with Crippen molar-refractivity contribution in [2.24, 2.45) is 0 Å². The van der Waals surface area contributed by atoms with Gasteiger partial charge in [0.05, 0.1) is 40.9 Å². The lowest BCUT2D eigenvalue weighted by Gasteiger charge is -2.26. The molecule has 62 heavy (non-hydrogen) atoms. The van der Waals surface area contributed by atoms with Crippen molar-refractivity contribution in [3.8, 4) is 67.6 Å². The van der Waals surface area contributed by atoms with Gasteiger partial charge in [0.2, 0.25) is 0 Å². The highest BCUT2D eigenvalue weighted by molar-refractivity contribution is 6.10. The molecule has 0 N–H and O–H groups in total. The van der Waals surface area contributed by atoms with Crippen LogP contribution in [0.5, 0.6) is 5.75 Å². The molecule has 10 aromatic rings. The maximum atomic E-state index is 5.90. The number of benzene rings is 6. The molecule has 0 radical (unpaired) electrons. The molecule has 0 saturated heterocycles. The van der Waals surface area contributed by atoms with Gasteiger partial charge in [-0.05, 0) is 99.8 Å². The van der Waals surface area contributed by atoms with Crippen molar-refractivity contribution in [3.05, 3.63) is 187 Å². The zero-order valence-corrected chi connectivity index (χ0v) is 36.4. The molecule has 6 aromatic carbocycles. The third-order valence-corrected chi connectivity index (χ3v) is 12.1. The van der Waals surface area contributed by atoms with Gasteiger partial charge in [-0.2, -0.15) is 0 Å². The summed E-state index contributed by atoms with van der Waals surface area (Å²) in [6.45, 7) is 13.7. The van der Waals surface area contributed by atoms with Crippen molar-refractivity contribution in [3.63, 3.8) is 0 Å². The standard InChI is InChI=1S/C57H50N4O/c1-56(2,3)42-31-40(32-43(36-42)57(4,5)6)41-33-48(58-49(34-41)47-23-12-14-25-52(47)62-7)37-18-17-19-38(30-37)54-55(60-29-16-15-26-53(60)59-54)39-27-28-46-45-22-11-13-24-50(45)61(51(46)35-39)44-20-9-8-10-21-44/h8-36H,1-7H3. The fraction of sp³-hybridized carbons (Fsp3) is 0.158. The van der Waals surface area contributed by atoms with Gasteiger partial charge in [-0.1, -0.05) is 145 Å². The number of rotatable bonds is 7. The summed E-state index contributed by atoms with van der Waals surface area (Å²) < 4.78 is 10.5. The molecule has 0 spiro atoms. The zero-order valence-electron chi connectivity index (χ0n) is 36.4. The highest BCUT2D eigenvalue weighted by Gasteiger charge is 2.23. The van der Waals surface area contributed by atoms with Gasteiger partial charge < -0.3 is 9.30 Å². The van der Waals surface area contributed by atoms with E-state index in [1.807, 2.05) is 18.2 Å². The third-order valence-electron chi connectivity index (χ3n) is 12.1. The first-order valence-corrected chi connectivity index (χ1v) is 21.4. The molecule has 0 amide bonds. The topological polar surface area (TPSA) is 44.4 Å². The van der Waals surface area contributed by atoms with E-state index in [9.17, 15) is 0 Å². The molecule has 0 unspecified atom stereocenters. The van der Waals surface area contributed by atoms with Crippen LogP contribution in [0.3, 0.4) is 0 Å². The molecular formula is C57H50N4O. The van der Waals surface area contributed by atoms with Crippen molar-refractivity contribution >= 4 is 27.5 Å². The number of nitrogens with zero attached hydrogens (tertiary/aromatic N) is 4. The van der Waals surface area contributed by atoms with Crippen molar-refractivity contribution < 1.29 is 4.74 Å². The molecule has 10 rings (SSSR count). The SMILES string of the molecule is COc1ccccc1-c1cc(-c2cc(C(C)(C)C)cc(C(C)(C)C)c2)cc(-c2cccc(-c3nc4ccccn4c3-c3ccc4c5ccccc5n(-c5ccccc5)c4c3)c2)n1. The molecule has 0 aliphatic rings. The Morgan fingerprint density at radius 2 is 1.13 bits per heavy atom. The van der Waals surface area contributed by atoms with Crippen molar-refractivity contribution in [2.45, 2.75) is 52.4 Å². The lowest BCUT2D eigenvalue weighted by molar-refractivity contribution is 0.416. The Labute approximate surface area is 364 Å². The Balaban J connectivity index is 1.17. The molecule has 0 aliphatic carbocycles. The maximum absolute atomic E-state index is 5.90. The largest absolute Gasteiger partial charge is 0.496 e. The fourth-order valence-electron chi connectivity index (χ4n) is 8.77. The summed E-state index contributed by atoms with van der Waals surface area (Å²) in [5.41, 5.74) is 16.9. The summed E-state index contributed by atoms with van der Waals surface area (Å²) in [6, 6.07) is 60.7. The predicted octanol–water partition coefficient (Wildman–Crippen LogP) is 14.8. The number of fused-ring (bicyclic) bond motifs is 4. The Kier molecular flexibility index (Phi) is 9.44. The molecule has 5 nitrogen and oxygen atoms in total. The van der Waals surface area contributed by atoms with E-state index in [0.29, 0.717) is 0 Å². The molecule has 4 aromatic heterocycles. The van der Waals surface area contributed by atoms with Crippen LogP contribution in [-0.2, 0) is 10.8 Å². The second-order valence-corrected chi connectivity index (χ2v) is 18.4. The number of methoxy groups -OCH3 is 1. The highest BCUT2D eigenvalue weighted by atomic mass is 16.5. The van der Waals surface area contributed by atoms with E-state index >= 15 is 0 Å². The second kappa shape index (κ2) is 15.0. The molecule has 0 aliphatic heterocycles. The smallest absolute Gasteiger partial charge is 0.137 e. The Morgan fingerprint density at radius 3 is 1.90 bits per heavy atom. The van der Waals surface area contributed by atoms with Crippen LogP contribution >= 0.6 is 0 Å². The van der Waals surface area contributed by atoms with Crippen LogP contribution < -0.4 is 4.74 Å². The summed E-state index contributed by atoms with van der Waals surface area (Å²) in [5, 5.41) is 2.44. The average molecular weight is 807 g/mol. The van der Waals surface area contributed by atoms with E-state index in [1.54, 1.807) is 7.11 Å². The van der Waals surface area contributed by atoms with E-state index in [2.05, 4.69) is 208 Å². The fourth-order valence-corrected chi connectivity index (χ4v) is 8.77. The van der Waals surface area contributed by atoms with Crippen molar-refractivity contribution in [1.82, 2.24) is 18.9 Å². The molecule has 0 saturated carbocycles. The summed E-state index contributed by atoms with van der Waals surface area (Å²) in [5.74, 6) is 0.785. The predicted molar refractivity (Wildman–Crippen MR) is 258 cm³/mol. The lowest BCUT2D eigenvalue weighted by Crippen LogP contribution is -2.16. The third kappa shape index (κ3) is 6.94. The normalized spacial score (nSPS) is 12.1. The summed E-state index contributed by atoms with van der Waals surface area (Å²) >= 11 is 0. The monoisotopic (exact) mass is 806 g/mol. The van der Waals surface area contributed by atoms with Gasteiger partial charge in [0.15, 0.2) is 0 Å². The first kappa shape index (κ1) is 38.9. The summed E-state index contributed by atoms with van der Waals surface area (Å²) in [6.07, 6.45) is 2.12. The van der Waals surface area contributed by atoms with Crippen LogP contribution in [0, 0.1) is 0 Å². The minimum atomic E-state index is -0.0276. The van der Waals surface area contributed by atoms with E-state index in [1.165, 1.54) is 33.0 Å². The van der Waals surface area contributed by atoms with Gasteiger partial charge in [0, 0.05) is 44.9 Å². The van der Waals surface area contributed by atoms with Gasteiger partial charge >= 0.3 is 0 Å². The van der Waals surface area contributed by atoms with Gasteiger partial charge in [0.1, 0.15) is 11.4 Å². The average Bonchev–Trinajstić information content (AvgIpc) is 3.84. The van der Waals surface area contributed by atoms with Crippen LogP contribution in [0.15, 0.2) is 176 Å². The van der Waals surface area contributed by atoms with Crippen LogP contribution in [0.1, 0.15) is 52.7 Å². The maximum Gasteiger partial charge on any atom is 0.137 e. The van der Waals surface area contributed by atoms with E-state index < -0.39 is 0 Å². The summed E-state index contributed by atoms with van der Waals surface area (Å²) in [4.78, 5) is 10.7. The number of para-hydroxylation sites is 3. The Bertz CT molecular complexity index is 3270. The number of imidazole rings is 1. The van der Waals surface area contributed by atoms with Crippen molar-refractivity contribution in [1.29, 1.82) is 0 Å². The molecule has 0 fully saturated rings. The second-order valence-electron chi connectivity index (χ2n) is 18.4. The van der Waals surface area contributed by atoms with Crippen molar-refractivity contribution in [2.75, 3.05) is 7.11 Å². The first-order valence-electron chi connectivity index (χ1n) is 21.4. The van der Waals surface area contributed by atoms with Crippen LogP contribution in [0.2, 0.25) is 0 Å². The van der Waals surface area contributed by atoms with Gasteiger partial charge in [-0.3, -0.25) is 4.40 Å². The molecule has 0 bridgehead atoms. The van der Waals surface area contributed by atoms with Gasteiger partial charge in [-0.25, -0.2) is 9.97 Å². The van der Waals surface area contributed by atoms with Gasteiger partial charge in [-0.15, -0.1) is 0 Å². The number of ether oxygens (including phenoxy) is 1. The number of pyridine rings is 2. The van der Waals surface area contributed by atoms with Crippen LogP contribution in [0.25, 0.3) is 89.3 Å². The number of hydrogen-bond acceptors (Lipinski definition) is 3. The Hall–Kier alpha value is -7.24. The Morgan fingerprint density at radius 1 is 0.468 bits per heavy atom. The minimum Gasteiger partial charge on any atom is -0.496 e. The molecule has 0 atom stereocenters. The molecule has 304 valence electrons.